The monoisotopic (exact) mass is 200 g/mol. The van der Waals surface area contributed by atoms with Crippen molar-refractivity contribution in [3.8, 4) is 11.8 Å². The smallest absolute Gasteiger partial charge is 0.269 e. The Morgan fingerprint density at radius 2 is 2.29 bits per heavy atom. The minimum absolute atomic E-state index is 0.162. The van der Waals surface area contributed by atoms with Gasteiger partial charge in [-0.05, 0) is 0 Å². The molecule has 0 spiro atoms. The summed E-state index contributed by atoms with van der Waals surface area (Å²) in [5, 5.41) is 17.2. The fourth-order valence-corrected chi connectivity index (χ4v) is 1.03. The zero-order valence-electron chi connectivity index (χ0n) is 6.92. The van der Waals surface area contributed by atoms with Gasteiger partial charge in [-0.1, -0.05) is 0 Å². The summed E-state index contributed by atoms with van der Waals surface area (Å²) in [5.41, 5.74) is -2.14. The van der Waals surface area contributed by atoms with Gasteiger partial charge < -0.3 is 10.1 Å². The van der Waals surface area contributed by atoms with Gasteiger partial charge in [0.15, 0.2) is 5.75 Å². The van der Waals surface area contributed by atoms with Gasteiger partial charge in [0, 0.05) is 11.9 Å². The highest BCUT2D eigenvalue weighted by Crippen LogP contribution is 2.20. The van der Waals surface area contributed by atoms with Gasteiger partial charge in [0.05, 0.1) is 18.1 Å². The van der Waals surface area contributed by atoms with Crippen molar-refractivity contribution in [3.63, 3.8) is 0 Å². The zero-order valence-corrected chi connectivity index (χ0v) is 6.92. The van der Waals surface area contributed by atoms with Gasteiger partial charge in [-0.2, -0.15) is 5.26 Å². The van der Waals surface area contributed by atoms with Crippen LogP contribution >= 0.6 is 0 Å². The number of rotatable bonds is 2. The van der Waals surface area contributed by atoms with Crippen LogP contribution in [-0.2, 0) is 6.42 Å². The molecule has 2 N–H and O–H groups in total. The number of pyridine rings is 1. The molecule has 6 heteroatoms. The number of hydrogen-bond acceptors (Lipinski definition) is 3. The Balaban J connectivity index is 3.39. The van der Waals surface area contributed by atoms with Crippen LogP contribution in [0.15, 0.2) is 11.0 Å². The highest BCUT2D eigenvalue weighted by molar-refractivity contribution is 5.31. The van der Waals surface area contributed by atoms with Gasteiger partial charge in [-0.25, -0.2) is 8.78 Å². The molecule has 0 aliphatic rings. The molecule has 74 valence electrons. The molecule has 1 heterocycles. The van der Waals surface area contributed by atoms with Gasteiger partial charge in [0.25, 0.3) is 6.43 Å². The van der Waals surface area contributed by atoms with Gasteiger partial charge >= 0.3 is 0 Å². The summed E-state index contributed by atoms with van der Waals surface area (Å²) < 4.78 is 24.7. The number of nitriles is 1. The topological polar surface area (TPSA) is 76.9 Å². The summed E-state index contributed by atoms with van der Waals surface area (Å²) in [6.45, 7) is 0. The van der Waals surface area contributed by atoms with E-state index in [2.05, 4.69) is 4.98 Å². The van der Waals surface area contributed by atoms with E-state index in [0.29, 0.717) is 0 Å². The second-order valence-corrected chi connectivity index (χ2v) is 2.53. The van der Waals surface area contributed by atoms with Crippen LogP contribution in [0.4, 0.5) is 8.78 Å². The average molecular weight is 200 g/mol. The number of hydrogen-bond donors (Lipinski definition) is 2. The molecule has 1 rings (SSSR count). The molecule has 0 aliphatic carbocycles. The third-order valence-corrected chi connectivity index (χ3v) is 1.66. The quantitative estimate of drug-likeness (QED) is 0.749. The van der Waals surface area contributed by atoms with Crippen LogP contribution in [0.2, 0.25) is 0 Å². The predicted molar refractivity (Wildman–Crippen MR) is 43.0 cm³/mol. The Kier molecular flexibility index (Phi) is 2.82. The fourth-order valence-electron chi connectivity index (χ4n) is 1.03. The van der Waals surface area contributed by atoms with Crippen LogP contribution in [-0.4, -0.2) is 10.1 Å². The lowest BCUT2D eigenvalue weighted by molar-refractivity contribution is 0.148. The molecule has 0 amide bonds. The van der Waals surface area contributed by atoms with E-state index in [1.165, 1.54) is 0 Å². The van der Waals surface area contributed by atoms with Crippen LogP contribution in [0.1, 0.15) is 17.7 Å². The molecule has 1 aromatic rings. The maximum absolute atomic E-state index is 12.4. The van der Waals surface area contributed by atoms with Crippen molar-refractivity contribution in [1.29, 1.82) is 5.26 Å². The van der Waals surface area contributed by atoms with E-state index in [1.807, 2.05) is 0 Å². The third kappa shape index (κ3) is 1.71. The number of alkyl halides is 2. The molecule has 0 fully saturated rings. The van der Waals surface area contributed by atoms with E-state index in [1.54, 1.807) is 6.07 Å². The molecule has 0 radical (unpaired) electrons. The summed E-state index contributed by atoms with van der Waals surface area (Å²) in [5.74, 6) is -0.776. The fraction of sp³-hybridized carbons (Fsp3) is 0.250. The molecule has 0 bridgehead atoms. The summed E-state index contributed by atoms with van der Waals surface area (Å²) in [7, 11) is 0. The summed E-state index contributed by atoms with van der Waals surface area (Å²) in [6, 6.07) is 1.64. The number of aromatic amines is 1. The Bertz CT molecular complexity index is 434. The van der Waals surface area contributed by atoms with Gasteiger partial charge in [-0.3, -0.25) is 4.79 Å². The van der Waals surface area contributed by atoms with Crippen molar-refractivity contribution in [1.82, 2.24) is 4.98 Å². The molecular formula is C8H6F2N2O2. The highest BCUT2D eigenvalue weighted by Gasteiger charge is 2.19. The Hall–Kier alpha value is -1.90. The van der Waals surface area contributed by atoms with E-state index in [4.69, 9.17) is 10.4 Å². The molecule has 14 heavy (non-hydrogen) atoms. The maximum Gasteiger partial charge on any atom is 0.269 e. The highest BCUT2D eigenvalue weighted by atomic mass is 19.3. The predicted octanol–water partition coefficient (Wildman–Crippen LogP) is 1.08. The third-order valence-electron chi connectivity index (χ3n) is 1.66. The first-order chi connectivity index (χ1) is 6.57. The second kappa shape index (κ2) is 3.87. The Labute approximate surface area is 77.4 Å². The number of halogens is 2. The number of nitrogens with one attached hydrogen (secondary N) is 1. The normalized spacial score (nSPS) is 10.1. The first kappa shape index (κ1) is 10.2. The van der Waals surface area contributed by atoms with Gasteiger partial charge in [-0.15, -0.1) is 0 Å². The molecule has 0 atom stereocenters. The Morgan fingerprint density at radius 3 is 2.79 bits per heavy atom. The maximum atomic E-state index is 12.4. The number of H-pyrrole nitrogens is 1. The molecule has 0 saturated carbocycles. The van der Waals surface area contributed by atoms with Crippen LogP contribution in [0.5, 0.6) is 5.75 Å². The number of aromatic hydroxyl groups is 1. The number of aromatic nitrogens is 1. The molecule has 0 aliphatic heterocycles. The van der Waals surface area contributed by atoms with Crippen LogP contribution in [0, 0.1) is 11.3 Å². The minimum atomic E-state index is -3.01. The van der Waals surface area contributed by atoms with Crippen LogP contribution in [0.25, 0.3) is 0 Å². The van der Waals surface area contributed by atoms with E-state index in [0.717, 1.165) is 6.20 Å². The number of nitrogens with zero attached hydrogens (tertiary/aromatic N) is 1. The largest absolute Gasteiger partial charge is 0.503 e. The molecule has 1 aromatic heterocycles. The van der Waals surface area contributed by atoms with Crippen LogP contribution in [0.3, 0.4) is 0 Å². The summed E-state index contributed by atoms with van der Waals surface area (Å²) in [6.07, 6.45) is -2.44. The molecule has 4 nitrogen and oxygen atoms in total. The van der Waals surface area contributed by atoms with Gasteiger partial charge in [0.1, 0.15) is 0 Å². The van der Waals surface area contributed by atoms with E-state index in [-0.39, 0.29) is 12.1 Å². The molecular weight excluding hydrogens is 194 g/mol. The van der Waals surface area contributed by atoms with E-state index < -0.39 is 23.2 Å². The summed E-state index contributed by atoms with van der Waals surface area (Å²) >= 11 is 0. The average Bonchev–Trinajstić information content (AvgIpc) is 2.11. The van der Waals surface area contributed by atoms with Gasteiger partial charge in [0.2, 0.25) is 5.43 Å². The SMILES string of the molecule is N#CCc1[nH]cc(O)c(=O)c1C(F)F. The molecule has 0 aromatic carbocycles. The van der Waals surface area contributed by atoms with E-state index in [9.17, 15) is 13.6 Å². The first-order valence-electron chi connectivity index (χ1n) is 3.66. The molecule has 0 saturated heterocycles. The van der Waals surface area contributed by atoms with E-state index >= 15 is 0 Å². The first-order valence-corrected chi connectivity index (χ1v) is 3.66. The Morgan fingerprint density at radius 1 is 1.64 bits per heavy atom. The van der Waals surface area contributed by atoms with Crippen molar-refractivity contribution in [2.45, 2.75) is 12.8 Å². The lowest BCUT2D eigenvalue weighted by atomic mass is 10.1. The van der Waals surface area contributed by atoms with Crippen molar-refractivity contribution >= 4 is 0 Å². The van der Waals surface area contributed by atoms with Crippen molar-refractivity contribution in [2.75, 3.05) is 0 Å². The minimum Gasteiger partial charge on any atom is -0.503 e. The molecule has 0 unspecified atom stereocenters. The summed E-state index contributed by atoms with van der Waals surface area (Å²) in [4.78, 5) is 13.3. The zero-order chi connectivity index (χ0) is 10.7. The lowest BCUT2D eigenvalue weighted by Crippen LogP contribution is -2.13. The van der Waals surface area contributed by atoms with Crippen molar-refractivity contribution in [3.05, 3.63) is 27.7 Å². The standard InChI is InChI=1S/C8H6F2N2O2/c9-8(10)6-4(1-2-11)12-3-5(13)7(6)14/h3,8,13H,1H2,(H,12,14). The van der Waals surface area contributed by atoms with Crippen molar-refractivity contribution < 1.29 is 13.9 Å². The lowest BCUT2D eigenvalue weighted by Gasteiger charge is -2.04. The van der Waals surface area contributed by atoms with Crippen LogP contribution < -0.4 is 5.43 Å². The van der Waals surface area contributed by atoms with Crippen molar-refractivity contribution in [2.24, 2.45) is 0 Å². The second-order valence-electron chi connectivity index (χ2n) is 2.53.